The fraction of sp³-hybridized carbons (Fsp3) is 0.458. The number of piperidine rings is 1. The summed E-state index contributed by atoms with van der Waals surface area (Å²) in [6.45, 7) is 2.61. The molecule has 0 aromatic heterocycles. The monoisotopic (exact) mass is 394 g/mol. The third kappa shape index (κ3) is 3.42. The van der Waals surface area contributed by atoms with Gasteiger partial charge in [0.2, 0.25) is 0 Å². The van der Waals surface area contributed by atoms with Crippen LogP contribution in [0.2, 0.25) is 0 Å². The van der Waals surface area contributed by atoms with Gasteiger partial charge in [-0.2, -0.15) is 0 Å². The zero-order chi connectivity index (χ0) is 20.0. The van der Waals surface area contributed by atoms with Crippen LogP contribution in [0.5, 0.6) is 0 Å². The molecule has 2 aliphatic heterocycles. The first-order valence-corrected chi connectivity index (χ1v) is 10.6. The number of rotatable bonds is 2. The highest BCUT2D eigenvalue weighted by Crippen LogP contribution is 2.40. The van der Waals surface area contributed by atoms with Crippen LogP contribution in [0.3, 0.4) is 0 Å². The molecule has 1 saturated carbocycles. The molecule has 2 aromatic carbocycles. The number of ether oxygens (including phenoxy) is 1. The van der Waals surface area contributed by atoms with Gasteiger partial charge in [0.25, 0.3) is 0 Å². The molecule has 3 aliphatic rings. The topological polar surface area (TPSA) is 32.8 Å². The third-order valence-corrected chi connectivity index (χ3v) is 6.87. The minimum atomic E-state index is -0.269. The number of hydrogen-bond acceptors (Lipinski definition) is 3. The smallest absolute Gasteiger partial charge is 0.410 e. The first kappa shape index (κ1) is 18.6. The van der Waals surface area contributed by atoms with Crippen molar-refractivity contribution in [3.05, 3.63) is 71.0 Å². The van der Waals surface area contributed by atoms with Crippen LogP contribution < -0.4 is 0 Å². The van der Waals surface area contributed by atoms with E-state index in [4.69, 9.17) is 4.74 Å². The zero-order valence-electron chi connectivity index (χ0n) is 16.8. The molecule has 1 saturated heterocycles. The van der Waals surface area contributed by atoms with Crippen molar-refractivity contribution in [2.45, 2.75) is 31.4 Å². The van der Waals surface area contributed by atoms with Gasteiger partial charge in [0.15, 0.2) is 0 Å². The van der Waals surface area contributed by atoms with E-state index in [9.17, 15) is 9.18 Å². The Balaban J connectivity index is 1.43. The maximum Gasteiger partial charge on any atom is 0.410 e. The molecular formula is C24H27FN2O2. The van der Waals surface area contributed by atoms with Crippen LogP contribution in [0.4, 0.5) is 9.18 Å². The lowest BCUT2D eigenvalue weighted by atomic mass is 9.88. The van der Waals surface area contributed by atoms with Crippen molar-refractivity contribution in [3.63, 3.8) is 0 Å². The van der Waals surface area contributed by atoms with Gasteiger partial charge in [0.1, 0.15) is 11.9 Å². The Hall–Kier alpha value is -2.40. The minimum absolute atomic E-state index is 0.0183. The predicted octanol–water partition coefficient (Wildman–Crippen LogP) is 4.25. The van der Waals surface area contributed by atoms with Crippen molar-refractivity contribution in [2.75, 3.05) is 26.7 Å². The van der Waals surface area contributed by atoms with Crippen molar-refractivity contribution in [3.8, 4) is 0 Å². The van der Waals surface area contributed by atoms with Crippen LogP contribution in [0.15, 0.2) is 48.5 Å². The maximum absolute atomic E-state index is 13.5. The quantitative estimate of drug-likeness (QED) is 0.763. The standard InChI is InChI=1S/C24H27FN2O2/c1-26-14-18-6-7-19(15-26)23(18)29-24(28)27-13-12-16-4-2-3-5-21(16)22(27)17-8-10-20(25)11-9-17/h2-5,8-11,18-19,22-23H,6-7,12-15H2,1H3/t18?,19?,22-,23?/m0/s1. The Morgan fingerprint density at radius 3 is 2.45 bits per heavy atom. The molecule has 0 N–H and O–H groups in total. The highest BCUT2D eigenvalue weighted by molar-refractivity contribution is 5.70. The fourth-order valence-corrected chi connectivity index (χ4v) is 5.55. The first-order chi connectivity index (χ1) is 14.1. The second kappa shape index (κ2) is 7.45. The van der Waals surface area contributed by atoms with E-state index in [1.54, 1.807) is 12.1 Å². The van der Waals surface area contributed by atoms with Gasteiger partial charge in [-0.25, -0.2) is 9.18 Å². The summed E-state index contributed by atoms with van der Waals surface area (Å²) in [6, 6.07) is 14.5. The Kier molecular flexibility index (Phi) is 4.78. The van der Waals surface area contributed by atoms with E-state index in [0.29, 0.717) is 18.4 Å². The van der Waals surface area contributed by atoms with E-state index in [0.717, 1.165) is 43.5 Å². The highest BCUT2D eigenvalue weighted by atomic mass is 19.1. The molecule has 0 spiro atoms. The molecule has 2 unspecified atom stereocenters. The van der Waals surface area contributed by atoms with Gasteiger partial charge in [0, 0.05) is 31.5 Å². The molecule has 1 aliphatic carbocycles. The lowest BCUT2D eigenvalue weighted by molar-refractivity contribution is -0.0139. The van der Waals surface area contributed by atoms with Crippen LogP contribution in [0, 0.1) is 17.7 Å². The summed E-state index contributed by atoms with van der Waals surface area (Å²) >= 11 is 0. The number of carbonyl (C=O) groups is 1. The summed E-state index contributed by atoms with van der Waals surface area (Å²) in [6.07, 6.45) is 2.86. The molecule has 2 bridgehead atoms. The SMILES string of the molecule is CN1CC2CCC(C1)C2OC(=O)N1CCc2ccccc2[C@@H]1c1ccc(F)cc1. The predicted molar refractivity (Wildman–Crippen MR) is 109 cm³/mol. The van der Waals surface area contributed by atoms with Gasteiger partial charge >= 0.3 is 6.09 Å². The van der Waals surface area contributed by atoms with Crippen molar-refractivity contribution in [1.29, 1.82) is 0 Å². The zero-order valence-corrected chi connectivity index (χ0v) is 16.8. The lowest BCUT2D eigenvalue weighted by Crippen LogP contribution is -2.48. The van der Waals surface area contributed by atoms with Gasteiger partial charge in [-0.15, -0.1) is 0 Å². The Bertz CT molecular complexity index is 886. The van der Waals surface area contributed by atoms with Gasteiger partial charge in [-0.3, -0.25) is 4.90 Å². The minimum Gasteiger partial charge on any atom is -0.445 e. The number of amides is 1. The second-order valence-electron chi connectivity index (χ2n) is 8.76. The van der Waals surface area contributed by atoms with Crippen LogP contribution in [0.1, 0.15) is 35.6 Å². The molecule has 29 heavy (non-hydrogen) atoms. The van der Waals surface area contributed by atoms with Crippen molar-refractivity contribution in [2.24, 2.45) is 11.8 Å². The summed E-state index contributed by atoms with van der Waals surface area (Å²) in [7, 11) is 2.15. The molecule has 3 atom stereocenters. The van der Waals surface area contributed by atoms with E-state index in [1.165, 1.54) is 17.7 Å². The van der Waals surface area contributed by atoms with Crippen LogP contribution in [0.25, 0.3) is 0 Å². The molecule has 2 fully saturated rings. The van der Waals surface area contributed by atoms with E-state index in [2.05, 4.69) is 24.1 Å². The van der Waals surface area contributed by atoms with Crippen molar-refractivity contribution in [1.82, 2.24) is 9.80 Å². The number of carbonyl (C=O) groups excluding carboxylic acids is 1. The molecule has 152 valence electrons. The Morgan fingerprint density at radius 1 is 1.03 bits per heavy atom. The number of benzene rings is 2. The average Bonchev–Trinajstić information content (AvgIpc) is 2.96. The van der Waals surface area contributed by atoms with E-state index >= 15 is 0 Å². The highest BCUT2D eigenvalue weighted by Gasteiger charge is 2.45. The summed E-state index contributed by atoms with van der Waals surface area (Å²) in [5, 5.41) is 0. The maximum atomic E-state index is 13.5. The van der Waals surface area contributed by atoms with E-state index in [1.807, 2.05) is 17.0 Å². The molecule has 4 nitrogen and oxygen atoms in total. The Morgan fingerprint density at radius 2 is 1.72 bits per heavy atom. The van der Waals surface area contributed by atoms with Crippen molar-refractivity contribution >= 4 is 6.09 Å². The summed E-state index contributed by atoms with van der Waals surface area (Å²) in [5.41, 5.74) is 3.26. The molecule has 1 amide bonds. The number of halogens is 1. The molecule has 5 heteroatoms. The van der Waals surface area contributed by atoms with E-state index < -0.39 is 0 Å². The molecule has 0 radical (unpaired) electrons. The number of likely N-dealkylation sites (tertiary alicyclic amines) is 1. The van der Waals surface area contributed by atoms with Crippen LogP contribution >= 0.6 is 0 Å². The summed E-state index contributed by atoms with van der Waals surface area (Å²) in [4.78, 5) is 17.5. The number of fused-ring (bicyclic) bond motifs is 3. The molecule has 2 aromatic rings. The van der Waals surface area contributed by atoms with Gasteiger partial charge < -0.3 is 9.64 Å². The third-order valence-electron chi connectivity index (χ3n) is 6.87. The van der Waals surface area contributed by atoms with Gasteiger partial charge in [-0.05, 0) is 55.1 Å². The normalized spacial score (nSPS) is 28.8. The fourth-order valence-electron chi connectivity index (χ4n) is 5.55. The number of hydrogen-bond donors (Lipinski definition) is 0. The Labute approximate surface area is 171 Å². The van der Waals surface area contributed by atoms with Crippen LogP contribution in [-0.4, -0.2) is 48.7 Å². The number of nitrogens with zero attached hydrogens (tertiary/aromatic N) is 2. The molecule has 5 rings (SSSR count). The largest absolute Gasteiger partial charge is 0.445 e. The molecular weight excluding hydrogens is 367 g/mol. The summed E-state index contributed by atoms with van der Waals surface area (Å²) < 4.78 is 19.7. The first-order valence-electron chi connectivity index (χ1n) is 10.6. The van der Waals surface area contributed by atoms with E-state index in [-0.39, 0.29) is 24.1 Å². The second-order valence-corrected chi connectivity index (χ2v) is 8.76. The van der Waals surface area contributed by atoms with Crippen LogP contribution in [-0.2, 0) is 11.2 Å². The lowest BCUT2D eigenvalue weighted by Gasteiger charge is -2.40. The summed E-state index contributed by atoms with van der Waals surface area (Å²) in [5.74, 6) is 0.600. The molecule has 2 heterocycles. The van der Waals surface area contributed by atoms with Gasteiger partial charge in [-0.1, -0.05) is 36.4 Å². The van der Waals surface area contributed by atoms with Gasteiger partial charge in [0.05, 0.1) is 6.04 Å². The average molecular weight is 394 g/mol. The van der Waals surface area contributed by atoms with Crippen molar-refractivity contribution < 1.29 is 13.9 Å².